The van der Waals surface area contributed by atoms with Crippen molar-refractivity contribution in [2.45, 2.75) is 44.1 Å². The number of unbranched alkanes of at least 4 members (excludes halogenated alkanes) is 1. The lowest BCUT2D eigenvalue weighted by atomic mass is 10.2. The number of carbonyl (C=O) groups excluding carboxylic acids is 1. The number of thioether (sulfide) groups is 1. The summed E-state index contributed by atoms with van der Waals surface area (Å²) in [6, 6.07) is 10.2. The highest BCUT2D eigenvalue weighted by atomic mass is 32.2. The predicted molar refractivity (Wildman–Crippen MR) is 102 cm³/mol. The van der Waals surface area contributed by atoms with E-state index in [1.54, 1.807) is 25.6 Å². The first-order valence-electron chi connectivity index (χ1n) is 8.28. The lowest BCUT2D eigenvalue weighted by Crippen LogP contribution is -2.31. The maximum atomic E-state index is 11.7. The van der Waals surface area contributed by atoms with Crippen molar-refractivity contribution < 1.29 is 13.2 Å². The fourth-order valence-electron chi connectivity index (χ4n) is 1.91. The van der Waals surface area contributed by atoms with Crippen LogP contribution in [-0.4, -0.2) is 38.4 Å². The molecule has 0 spiro atoms. The molecule has 1 aromatic rings. The summed E-state index contributed by atoms with van der Waals surface area (Å²) in [5.74, 6) is 1.86. The quantitative estimate of drug-likeness (QED) is 0.553. The molecule has 1 amide bonds. The summed E-state index contributed by atoms with van der Waals surface area (Å²) in [5, 5.41) is 2.47. The number of sulfonamides is 1. The highest BCUT2D eigenvalue weighted by Gasteiger charge is 2.14. The van der Waals surface area contributed by atoms with Crippen LogP contribution in [0.3, 0.4) is 0 Å². The van der Waals surface area contributed by atoms with Gasteiger partial charge in [0.2, 0.25) is 15.9 Å². The van der Waals surface area contributed by atoms with Crippen LogP contribution in [0.25, 0.3) is 0 Å². The van der Waals surface area contributed by atoms with Gasteiger partial charge in [0.25, 0.3) is 0 Å². The topological polar surface area (TPSA) is 75.3 Å². The Bertz CT molecular complexity index is 575. The van der Waals surface area contributed by atoms with Gasteiger partial charge in [0.1, 0.15) is 0 Å². The van der Waals surface area contributed by atoms with Crippen molar-refractivity contribution in [2.75, 3.05) is 18.8 Å². The maximum absolute atomic E-state index is 11.7. The molecule has 0 atom stereocenters. The molecule has 0 radical (unpaired) electrons. The third-order valence-corrected chi connectivity index (χ3v) is 6.31. The van der Waals surface area contributed by atoms with Gasteiger partial charge in [-0.3, -0.25) is 4.79 Å². The van der Waals surface area contributed by atoms with Crippen molar-refractivity contribution in [3.63, 3.8) is 0 Å². The van der Waals surface area contributed by atoms with E-state index in [4.69, 9.17) is 0 Å². The Balaban J connectivity index is 1.99. The number of carbonyl (C=O) groups is 1. The van der Waals surface area contributed by atoms with E-state index < -0.39 is 15.3 Å². The molecule has 2 N–H and O–H groups in total. The summed E-state index contributed by atoms with van der Waals surface area (Å²) < 4.78 is 25.6. The van der Waals surface area contributed by atoms with Gasteiger partial charge in [-0.25, -0.2) is 13.1 Å². The molecule has 1 aromatic carbocycles. The van der Waals surface area contributed by atoms with Crippen molar-refractivity contribution in [3.8, 4) is 0 Å². The smallest absolute Gasteiger partial charge is 0.220 e. The van der Waals surface area contributed by atoms with Crippen LogP contribution < -0.4 is 10.0 Å². The number of hydrogen-bond acceptors (Lipinski definition) is 4. The Morgan fingerprint density at radius 3 is 2.50 bits per heavy atom. The molecule has 7 heteroatoms. The molecule has 0 aliphatic carbocycles. The van der Waals surface area contributed by atoms with Gasteiger partial charge in [-0.15, -0.1) is 0 Å². The average molecular weight is 373 g/mol. The van der Waals surface area contributed by atoms with Crippen LogP contribution in [0.15, 0.2) is 30.3 Å². The number of nitrogens with one attached hydrogen (secondary N) is 2. The average Bonchev–Trinajstić information content (AvgIpc) is 2.55. The summed E-state index contributed by atoms with van der Waals surface area (Å²) in [4.78, 5) is 11.7. The maximum Gasteiger partial charge on any atom is 0.220 e. The van der Waals surface area contributed by atoms with Crippen molar-refractivity contribution in [2.24, 2.45) is 0 Å². The second-order valence-electron chi connectivity index (χ2n) is 5.83. The Hall–Kier alpha value is -1.05. The normalized spacial score (nSPS) is 11.6. The van der Waals surface area contributed by atoms with E-state index in [1.165, 1.54) is 5.56 Å². The summed E-state index contributed by atoms with van der Waals surface area (Å²) in [7, 11) is -3.20. The molecule has 24 heavy (non-hydrogen) atoms. The van der Waals surface area contributed by atoms with Gasteiger partial charge in [0.05, 0.1) is 5.25 Å². The van der Waals surface area contributed by atoms with E-state index in [0.29, 0.717) is 32.4 Å². The van der Waals surface area contributed by atoms with Gasteiger partial charge in [-0.1, -0.05) is 30.3 Å². The zero-order valence-electron chi connectivity index (χ0n) is 14.5. The van der Waals surface area contributed by atoms with Crippen LogP contribution in [-0.2, 0) is 20.6 Å². The van der Waals surface area contributed by atoms with Crippen LogP contribution in [0.1, 0.15) is 38.7 Å². The van der Waals surface area contributed by atoms with Crippen LogP contribution in [0.5, 0.6) is 0 Å². The molecule has 5 nitrogen and oxygen atoms in total. The van der Waals surface area contributed by atoms with Gasteiger partial charge in [-0.05, 0) is 32.3 Å². The molecule has 0 fully saturated rings. The van der Waals surface area contributed by atoms with Crippen molar-refractivity contribution in [3.05, 3.63) is 35.9 Å². The highest BCUT2D eigenvalue weighted by molar-refractivity contribution is 7.98. The number of hydrogen-bond donors (Lipinski definition) is 2. The SMILES string of the molecule is CC(C)S(=O)(=O)NCCCCC(=O)NCCSCc1ccccc1. The zero-order valence-corrected chi connectivity index (χ0v) is 16.1. The first-order valence-corrected chi connectivity index (χ1v) is 11.0. The number of benzene rings is 1. The molecular weight excluding hydrogens is 344 g/mol. The van der Waals surface area contributed by atoms with Gasteiger partial charge in [-0.2, -0.15) is 11.8 Å². The molecule has 0 bridgehead atoms. The first-order chi connectivity index (χ1) is 11.4. The Morgan fingerprint density at radius 1 is 1.12 bits per heavy atom. The van der Waals surface area contributed by atoms with Crippen LogP contribution >= 0.6 is 11.8 Å². The fraction of sp³-hybridized carbons (Fsp3) is 0.588. The van der Waals surface area contributed by atoms with E-state index in [9.17, 15) is 13.2 Å². The van der Waals surface area contributed by atoms with Crippen molar-refractivity contribution in [1.82, 2.24) is 10.0 Å². The molecular formula is C17H28N2O3S2. The third kappa shape index (κ3) is 9.30. The minimum atomic E-state index is -3.20. The molecule has 0 saturated heterocycles. The second-order valence-corrected chi connectivity index (χ2v) is 9.26. The summed E-state index contributed by atoms with van der Waals surface area (Å²) >= 11 is 1.79. The molecule has 0 heterocycles. The molecule has 136 valence electrons. The summed E-state index contributed by atoms with van der Waals surface area (Å²) in [6.07, 6.45) is 1.79. The van der Waals surface area contributed by atoms with Crippen molar-refractivity contribution in [1.29, 1.82) is 0 Å². The minimum absolute atomic E-state index is 0.0297. The summed E-state index contributed by atoms with van der Waals surface area (Å²) in [5.41, 5.74) is 1.29. The molecule has 0 aliphatic heterocycles. The first kappa shape index (κ1) is 21.0. The van der Waals surface area contributed by atoms with Crippen molar-refractivity contribution >= 4 is 27.7 Å². The largest absolute Gasteiger partial charge is 0.355 e. The predicted octanol–water partition coefficient (Wildman–Crippen LogP) is 2.53. The zero-order chi connectivity index (χ0) is 17.8. The Kier molecular flexibility index (Phi) is 10.1. The standard InChI is InChI=1S/C17H28N2O3S2/c1-15(2)24(21,22)19-11-7-6-10-17(20)18-12-13-23-14-16-8-4-3-5-9-16/h3-5,8-9,15,19H,6-7,10-14H2,1-2H3,(H,18,20). The van der Waals surface area contributed by atoms with Gasteiger partial charge >= 0.3 is 0 Å². The lowest BCUT2D eigenvalue weighted by molar-refractivity contribution is -0.121. The van der Waals surface area contributed by atoms with E-state index >= 15 is 0 Å². The van der Waals surface area contributed by atoms with Gasteiger partial charge < -0.3 is 5.32 Å². The van der Waals surface area contributed by atoms with Crippen LogP contribution in [0.2, 0.25) is 0 Å². The Labute approximate surface area is 150 Å². The number of amides is 1. The fourth-order valence-corrected chi connectivity index (χ4v) is 3.49. The molecule has 0 saturated carbocycles. The van der Waals surface area contributed by atoms with E-state index in [0.717, 1.165) is 11.5 Å². The molecule has 0 unspecified atom stereocenters. The van der Waals surface area contributed by atoms with Gasteiger partial charge in [0, 0.05) is 31.0 Å². The lowest BCUT2D eigenvalue weighted by Gasteiger charge is -2.09. The highest BCUT2D eigenvalue weighted by Crippen LogP contribution is 2.10. The summed E-state index contributed by atoms with van der Waals surface area (Å²) in [6.45, 7) is 4.34. The minimum Gasteiger partial charge on any atom is -0.355 e. The third-order valence-electron chi connectivity index (χ3n) is 3.43. The monoisotopic (exact) mass is 372 g/mol. The van der Waals surface area contributed by atoms with Crippen LogP contribution in [0, 0.1) is 0 Å². The van der Waals surface area contributed by atoms with Gasteiger partial charge in [0.15, 0.2) is 0 Å². The van der Waals surface area contributed by atoms with E-state index in [1.807, 2.05) is 18.2 Å². The Morgan fingerprint density at radius 2 is 1.83 bits per heavy atom. The molecule has 0 aliphatic rings. The van der Waals surface area contributed by atoms with Crippen LogP contribution in [0.4, 0.5) is 0 Å². The van der Waals surface area contributed by atoms with E-state index in [-0.39, 0.29) is 5.91 Å². The second kappa shape index (κ2) is 11.5. The number of rotatable bonds is 12. The molecule has 1 rings (SSSR count). The molecule has 0 aromatic heterocycles. The van der Waals surface area contributed by atoms with E-state index in [2.05, 4.69) is 22.2 Å².